The molecule has 0 aliphatic carbocycles. The first-order valence-electron chi connectivity index (χ1n) is 7.12. The molecule has 2 rings (SSSR count). The predicted molar refractivity (Wildman–Crippen MR) is 78.8 cm³/mol. The number of carbonyl (C=O) groups is 2. The van der Waals surface area contributed by atoms with Gasteiger partial charge in [0.2, 0.25) is 0 Å². The van der Waals surface area contributed by atoms with Gasteiger partial charge < -0.3 is 20.1 Å². The van der Waals surface area contributed by atoms with E-state index in [-0.39, 0.29) is 17.6 Å². The molecule has 6 nitrogen and oxygen atoms in total. The largest absolute Gasteiger partial charge is 0.573 e. The van der Waals surface area contributed by atoms with Crippen molar-refractivity contribution in [1.82, 2.24) is 10.3 Å². The maximum absolute atomic E-state index is 12.2. The molecule has 0 radical (unpaired) electrons. The average molecular weight is 344 g/mol. The minimum Gasteiger partial charge on any atom is -0.480 e. The fourth-order valence-corrected chi connectivity index (χ4v) is 2.21. The van der Waals surface area contributed by atoms with Gasteiger partial charge in [-0.3, -0.25) is 4.79 Å². The minimum atomic E-state index is -4.81. The highest BCUT2D eigenvalue weighted by molar-refractivity contribution is 5.99. The number of carboxylic acid groups (broad SMARTS) is 1. The van der Waals surface area contributed by atoms with Crippen molar-refractivity contribution in [1.29, 1.82) is 0 Å². The number of nitrogens with one attached hydrogen (secondary N) is 2. The lowest BCUT2D eigenvalue weighted by Gasteiger charge is -2.12. The van der Waals surface area contributed by atoms with E-state index in [1.54, 1.807) is 6.92 Å². The van der Waals surface area contributed by atoms with Gasteiger partial charge in [0.15, 0.2) is 0 Å². The molecule has 9 heteroatoms. The van der Waals surface area contributed by atoms with E-state index in [1.807, 2.05) is 0 Å². The number of rotatable bonds is 6. The maximum Gasteiger partial charge on any atom is 0.573 e. The van der Waals surface area contributed by atoms with Crippen molar-refractivity contribution >= 4 is 22.8 Å². The standard InChI is InChI=1S/C15H15F3N2O4/c1-2-3-10(14(22)23)20-13(21)12-6-8-4-5-9(7-11(8)19-12)24-15(16,17)18/h4-7,10,19H,2-3H2,1H3,(H,20,21)(H,22,23). The molecule has 1 heterocycles. The third-order valence-electron chi connectivity index (χ3n) is 3.25. The number of carbonyl (C=O) groups excluding carboxylic acids is 1. The highest BCUT2D eigenvalue weighted by Crippen LogP contribution is 2.26. The fourth-order valence-electron chi connectivity index (χ4n) is 2.21. The van der Waals surface area contributed by atoms with Crippen LogP contribution in [0.1, 0.15) is 30.3 Å². The molecule has 0 aliphatic rings. The molecule has 1 unspecified atom stereocenters. The van der Waals surface area contributed by atoms with Gasteiger partial charge in [-0.25, -0.2) is 4.79 Å². The molecule has 130 valence electrons. The number of fused-ring (bicyclic) bond motifs is 1. The van der Waals surface area contributed by atoms with Crippen LogP contribution >= 0.6 is 0 Å². The first-order chi connectivity index (χ1) is 11.2. The molecule has 1 aromatic carbocycles. The van der Waals surface area contributed by atoms with Crippen LogP contribution in [0.2, 0.25) is 0 Å². The lowest BCUT2D eigenvalue weighted by molar-refractivity contribution is -0.274. The minimum absolute atomic E-state index is 0.0523. The van der Waals surface area contributed by atoms with Gasteiger partial charge in [-0.1, -0.05) is 13.3 Å². The summed E-state index contributed by atoms with van der Waals surface area (Å²) in [5.74, 6) is -2.22. The number of alkyl halides is 3. The average Bonchev–Trinajstić information content (AvgIpc) is 2.88. The molecule has 0 aliphatic heterocycles. The van der Waals surface area contributed by atoms with E-state index in [0.29, 0.717) is 11.8 Å². The van der Waals surface area contributed by atoms with Gasteiger partial charge in [-0.2, -0.15) is 0 Å². The Labute approximate surface area is 134 Å². The molecule has 0 bridgehead atoms. The number of aromatic amines is 1. The van der Waals surface area contributed by atoms with E-state index >= 15 is 0 Å². The Hall–Kier alpha value is -2.71. The Morgan fingerprint density at radius 3 is 2.62 bits per heavy atom. The number of benzene rings is 1. The Kier molecular flexibility index (Phi) is 5.01. The number of ether oxygens (including phenoxy) is 1. The lowest BCUT2D eigenvalue weighted by atomic mass is 10.1. The summed E-state index contributed by atoms with van der Waals surface area (Å²) in [4.78, 5) is 25.8. The second-order valence-electron chi connectivity index (χ2n) is 5.13. The highest BCUT2D eigenvalue weighted by atomic mass is 19.4. The van der Waals surface area contributed by atoms with Crippen LogP contribution in [0.15, 0.2) is 24.3 Å². The quantitative estimate of drug-likeness (QED) is 0.751. The third kappa shape index (κ3) is 4.40. The van der Waals surface area contributed by atoms with Gasteiger partial charge >= 0.3 is 12.3 Å². The van der Waals surface area contributed by atoms with Crippen LogP contribution in [-0.4, -0.2) is 34.4 Å². The zero-order chi connectivity index (χ0) is 17.9. The van der Waals surface area contributed by atoms with E-state index in [1.165, 1.54) is 12.1 Å². The van der Waals surface area contributed by atoms with E-state index < -0.39 is 30.0 Å². The smallest absolute Gasteiger partial charge is 0.480 e. The van der Waals surface area contributed by atoms with Crippen LogP contribution in [-0.2, 0) is 4.79 Å². The van der Waals surface area contributed by atoms with Crippen LogP contribution in [0.3, 0.4) is 0 Å². The van der Waals surface area contributed by atoms with Crippen molar-refractivity contribution in [3.8, 4) is 5.75 Å². The number of H-pyrrole nitrogens is 1. The first-order valence-corrected chi connectivity index (χ1v) is 7.12. The van der Waals surface area contributed by atoms with E-state index in [0.717, 1.165) is 12.1 Å². The number of aromatic nitrogens is 1. The van der Waals surface area contributed by atoms with E-state index in [9.17, 15) is 22.8 Å². The maximum atomic E-state index is 12.2. The summed E-state index contributed by atoms with van der Waals surface area (Å²) in [6, 6.07) is 4.00. The number of hydrogen-bond donors (Lipinski definition) is 3. The molecule has 1 amide bonds. The van der Waals surface area contributed by atoms with Crippen molar-refractivity contribution in [2.45, 2.75) is 32.2 Å². The summed E-state index contributed by atoms with van der Waals surface area (Å²) in [5.41, 5.74) is 0.320. The number of halogens is 3. The molecule has 0 spiro atoms. The van der Waals surface area contributed by atoms with Crippen molar-refractivity contribution in [3.63, 3.8) is 0 Å². The molecular weight excluding hydrogens is 329 g/mol. The Balaban J connectivity index is 2.20. The first kappa shape index (κ1) is 17.6. The summed E-state index contributed by atoms with van der Waals surface area (Å²) in [7, 11) is 0. The molecule has 0 saturated heterocycles. The number of hydrogen-bond acceptors (Lipinski definition) is 3. The molecule has 1 aromatic heterocycles. The normalized spacial score (nSPS) is 12.8. The Morgan fingerprint density at radius 1 is 1.33 bits per heavy atom. The van der Waals surface area contributed by atoms with Gasteiger partial charge in [0.05, 0.1) is 0 Å². The van der Waals surface area contributed by atoms with Crippen molar-refractivity contribution in [2.24, 2.45) is 0 Å². The zero-order valence-corrected chi connectivity index (χ0v) is 12.6. The topological polar surface area (TPSA) is 91.4 Å². The van der Waals surface area contributed by atoms with Crippen molar-refractivity contribution in [2.75, 3.05) is 0 Å². The van der Waals surface area contributed by atoms with Crippen molar-refractivity contribution < 1.29 is 32.6 Å². The number of amides is 1. The lowest BCUT2D eigenvalue weighted by Crippen LogP contribution is -2.40. The summed E-state index contributed by atoms with van der Waals surface area (Å²) >= 11 is 0. The SMILES string of the molecule is CCCC(NC(=O)c1cc2ccc(OC(F)(F)F)cc2[nH]1)C(=O)O. The molecule has 24 heavy (non-hydrogen) atoms. The van der Waals surface area contributed by atoms with Crippen LogP contribution in [0.4, 0.5) is 13.2 Å². The molecule has 2 aromatic rings. The molecule has 0 saturated carbocycles. The van der Waals surface area contributed by atoms with Crippen LogP contribution in [0.25, 0.3) is 10.9 Å². The Bertz CT molecular complexity index is 755. The van der Waals surface area contributed by atoms with Gasteiger partial charge in [0, 0.05) is 17.0 Å². The fraction of sp³-hybridized carbons (Fsp3) is 0.333. The second kappa shape index (κ2) is 6.81. The second-order valence-corrected chi connectivity index (χ2v) is 5.13. The zero-order valence-electron chi connectivity index (χ0n) is 12.6. The summed E-state index contributed by atoms with van der Waals surface area (Å²) in [6.45, 7) is 1.78. The molecular formula is C15H15F3N2O4. The van der Waals surface area contributed by atoms with Crippen LogP contribution < -0.4 is 10.1 Å². The summed E-state index contributed by atoms with van der Waals surface area (Å²) < 4.78 is 40.5. The van der Waals surface area contributed by atoms with Gasteiger partial charge in [-0.05, 0) is 24.6 Å². The van der Waals surface area contributed by atoms with Gasteiger partial charge in [0.25, 0.3) is 5.91 Å². The molecule has 3 N–H and O–H groups in total. The number of carboxylic acids is 1. The molecule has 1 atom stereocenters. The summed E-state index contributed by atoms with van der Waals surface area (Å²) in [6.07, 6.45) is -3.97. The third-order valence-corrected chi connectivity index (χ3v) is 3.25. The Morgan fingerprint density at radius 2 is 2.04 bits per heavy atom. The van der Waals surface area contributed by atoms with Crippen molar-refractivity contribution in [3.05, 3.63) is 30.0 Å². The predicted octanol–water partition coefficient (Wildman–Crippen LogP) is 3.05. The van der Waals surface area contributed by atoms with E-state index in [4.69, 9.17) is 5.11 Å². The van der Waals surface area contributed by atoms with Gasteiger partial charge in [-0.15, -0.1) is 13.2 Å². The number of aliphatic carboxylic acids is 1. The highest BCUT2D eigenvalue weighted by Gasteiger charge is 2.31. The molecule has 0 fully saturated rings. The van der Waals surface area contributed by atoms with Crippen LogP contribution in [0.5, 0.6) is 5.75 Å². The van der Waals surface area contributed by atoms with Gasteiger partial charge in [0.1, 0.15) is 17.5 Å². The monoisotopic (exact) mass is 344 g/mol. The van der Waals surface area contributed by atoms with Crippen LogP contribution in [0, 0.1) is 0 Å². The van der Waals surface area contributed by atoms with E-state index in [2.05, 4.69) is 15.0 Å². The summed E-state index contributed by atoms with van der Waals surface area (Å²) in [5, 5.41) is 11.9.